The molecule has 204 valence electrons. The van der Waals surface area contributed by atoms with E-state index in [-0.39, 0.29) is 11.9 Å². The number of amides is 1. The summed E-state index contributed by atoms with van der Waals surface area (Å²) in [5.74, 6) is 1.94. The predicted molar refractivity (Wildman–Crippen MR) is 153 cm³/mol. The molecule has 5 rings (SSSR count). The van der Waals surface area contributed by atoms with Gasteiger partial charge in [-0.1, -0.05) is 19.4 Å². The van der Waals surface area contributed by atoms with Crippen LogP contribution in [0.2, 0.25) is 0 Å². The number of rotatable bonds is 6. The zero-order valence-electron chi connectivity index (χ0n) is 23.2. The van der Waals surface area contributed by atoms with Crippen LogP contribution in [-0.4, -0.2) is 73.2 Å². The van der Waals surface area contributed by atoms with Crippen LogP contribution in [0.1, 0.15) is 62.2 Å². The van der Waals surface area contributed by atoms with Crippen LogP contribution in [0.25, 0.3) is 0 Å². The summed E-state index contributed by atoms with van der Waals surface area (Å²) in [4.78, 5) is 29.5. The second-order valence-electron chi connectivity index (χ2n) is 11.0. The summed E-state index contributed by atoms with van der Waals surface area (Å²) < 4.78 is 5.66. The largest absolute Gasteiger partial charge is 0.495 e. The third kappa shape index (κ3) is 5.43. The third-order valence-corrected chi connectivity index (χ3v) is 8.32. The molecule has 0 unspecified atom stereocenters. The Morgan fingerprint density at radius 2 is 1.87 bits per heavy atom. The highest BCUT2D eigenvalue weighted by atomic mass is 16.5. The maximum absolute atomic E-state index is 12.9. The lowest BCUT2D eigenvalue weighted by Gasteiger charge is -2.35. The number of ether oxygens (including phenoxy) is 1. The van der Waals surface area contributed by atoms with E-state index >= 15 is 0 Å². The Hall–Kier alpha value is -3.33. The van der Waals surface area contributed by atoms with E-state index in [1.54, 1.807) is 13.2 Å². The lowest BCUT2D eigenvalue weighted by Crippen LogP contribution is -2.43. The summed E-state index contributed by atoms with van der Waals surface area (Å²) in [6.07, 6.45) is 9.58. The summed E-state index contributed by atoms with van der Waals surface area (Å²) in [7, 11) is 5.77. The maximum Gasteiger partial charge on any atom is 0.251 e. The molecule has 1 saturated heterocycles. The molecule has 0 radical (unpaired) electrons. The fraction of sp³-hybridized carbons (Fsp3) is 0.552. The van der Waals surface area contributed by atoms with Gasteiger partial charge in [-0.25, -0.2) is 4.98 Å². The van der Waals surface area contributed by atoms with Gasteiger partial charge in [0.05, 0.1) is 19.0 Å². The van der Waals surface area contributed by atoms with Crippen molar-refractivity contribution in [3.05, 3.63) is 42.2 Å². The lowest BCUT2D eigenvalue weighted by molar-refractivity contribution is 0.0916. The Kier molecular flexibility index (Phi) is 7.74. The molecule has 1 atom stereocenters. The topological polar surface area (TPSA) is 85.9 Å². The molecule has 3 aliphatic rings. The van der Waals surface area contributed by atoms with Gasteiger partial charge in [0.2, 0.25) is 5.95 Å². The molecule has 0 bridgehead atoms. The number of hydrogen-bond donors (Lipinski definition) is 2. The zero-order chi connectivity index (χ0) is 26.8. The van der Waals surface area contributed by atoms with Gasteiger partial charge in [0.25, 0.3) is 5.91 Å². The van der Waals surface area contributed by atoms with Gasteiger partial charge in [-0.2, -0.15) is 4.98 Å². The number of likely N-dealkylation sites (tertiary alicyclic amines) is 1. The minimum Gasteiger partial charge on any atom is -0.495 e. The van der Waals surface area contributed by atoms with Crippen LogP contribution in [0.15, 0.2) is 36.7 Å². The molecular weight excluding hydrogens is 478 g/mol. The quantitative estimate of drug-likeness (QED) is 0.575. The van der Waals surface area contributed by atoms with Crippen molar-refractivity contribution in [1.29, 1.82) is 0 Å². The smallest absolute Gasteiger partial charge is 0.251 e. The van der Waals surface area contributed by atoms with Crippen LogP contribution in [-0.2, 0) is 0 Å². The van der Waals surface area contributed by atoms with Gasteiger partial charge in [-0.3, -0.25) is 4.79 Å². The molecule has 1 aliphatic carbocycles. The number of carbonyl (C=O) groups excluding carboxylic acids is 1. The van der Waals surface area contributed by atoms with Crippen molar-refractivity contribution < 1.29 is 9.53 Å². The highest BCUT2D eigenvalue weighted by molar-refractivity contribution is 5.95. The van der Waals surface area contributed by atoms with Crippen molar-refractivity contribution in [2.24, 2.45) is 0 Å². The first-order valence-electron chi connectivity index (χ1n) is 13.9. The number of nitrogens with zero attached hydrogens (tertiary/aromatic N) is 5. The normalized spacial score (nSPS) is 21.3. The van der Waals surface area contributed by atoms with E-state index in [4.69, 9.17) is 9.72 Å². The van der Waals surface area contributed by atoms with Gasteiger partial charge in [0.1, 0.15) is 11.4 Å². The monoisotopic (exact) mass is 519 g/mol. The number of nitrogens with one attached hydrogen (secondary N) is 2. The van der Waals surface area contributed by atoms with Crippen LogP contribution in [0, 0.1) is 0 Å². The molecule has 2 aromatic rings. The lowest BCUT2D eigenvalue weighted by atomic mass is 10.0. The first kappa shape index (κ1) is 26.3. The predicted octanol–water partition coefficient (Wildman–Crippen LogP) is 4.54. The second-order valence-corrected chi connectivity index (χ2v) is 11.0. The molecular formula is C29H41N7O2. The number of piperidine rings is 1. The van der Waals surface area contributed by atoms with Gasteiger partial charge >= 0.3 is 0 Å². The van der Waals surface area contributed by atoms with Crippen molar-refractivity contribution in [3.8, 4) is 5.75 Å². The number of benzene rings is 1. The number of anilines is 4. The van der Waals surface area contributed by atoms with Crippen molar-refractivity contribution in [3.63, 3.8) is 0 Å². The Balaban J connectivity index is 1.38. The second kappa shape index (κ2) is 11.2. The number of carbonyl (C=O) groups is 1. The Morgan fingerprint density at radius 1 is 1.13 bits per heavy atom. The first-order valence-corrected chi connectivity index (χ1v) is 13.9. The SMILES string of the molecule is C=C1C[C@@H](C)N(C2CCCC2)c2nc(Nc3ccc(C(=O)NC4CCN(C)CC4)cc3OC)ncc2N1C. The van der Waals surface area contributed by atoms with Crippen LogP contribution in [0.3, 0.4) is 0 Å². The molecule has 2 aliphatic heterocycles. The fourth-order valence-electron chi connectivity index (χ4n) is 6.00. The van der Waals surface area contributed by atoms with Crippen molar-refractivity contribution in [1.82, 2.24) is 20.2 Å². The van der Waals surface area contributed by atoms with E-state index in [0.29, 0.717) is 29.3 Å². The fourth-order valence-corrected chi connectivity index (χ4v) is 6.00. The molecule has 1 aromatic heterocycles. The molecule has 1 saturated carbocycles. The molecule has 9 heteroatoms. The number of methoxy groups -OCH3 is 1. The molecule has 38 heavy (non-hydrogen) atoms. The number of aromatic nitrogens is 2. The number of fused-ring (bicyclic) bond motifs is 1. The third-order valence-electron chi connectivity index (χ3n) is 8.32. The highest BCUT2D eigenvalue weighted by Gasteiger charge is 2.34. The van der Waals surface area contributed by atoms with Crippen LogP contribution in [0.4, 0.5) is 23.1 Å². The van der Waals surface area contributed by atoms with E-state index in [1.807, 2.05) is 25.4 Å². The molecule has 1 aromatic carbocycles. The Bertz CT molecular complexity index is 1170. The number of hydrogen-bond acceptors (Lipinski definition) is 8. The minimum absolute atomic E-state index is 0.0739. The van der Waals surface area contributed by atoms with E-state index in [0.717, 1.165) is 55.2 Å². The summed E-state index contributed by atoms with van der Waals surface area (Å²) >= 11 is 0. The standard InChI is InChI=1S/C29H41N7O2/c1-19-16-20(2)36(23-8-6-7-9-23)27-25(35(19)4)18-30-29(33-27)32-24-11-10-21(17-26(24)38-5)28(37)31-22-12-14-34(3)15-13-22/h10-11,17-18,20,22-23H,1,6-9,12-16H2,2-5H3,(H,31,37)(H,30,32,33)/t20-/m1/s1. The molecule has 1 amide bonds. The summed E-state index contributed by atoms with van der Waals surface area (Å²) in [5.41, 5.74) is 3.34. The Labute approximate surface area is 226 Å². The van der Waals surface area contributed by atoms with E-state index in [9.17, 15) is 4.79 Å². The van der Waals surface area contributed by atoms with Gasteiger partial charge < -0.3 is 30.1 Å². The van der Waals surface area contributed by atoms with Gasteiger partial charge in [-0.15, -0.1) is 0 Å². The van der Waals surface area contributed by atoms with Crippen LogP contribution < -0.4 is 25.2 Å². The van der Waals surface area contributed by atoms with Gasteiger partial charge in [0, 0.05) is 42.9 Å². The average Bonchev–Trinajstić information content (AvgIpc) is 3.41. The molecule has 9 nitrogen and oxygen atoms in total. The maximum atomic E-state index is 12.9. The van der Waals surface area contributed by atoms with Crippen molar-refractivity contribution in [2.75, 3.05) is 49.4 Å². The minimum atomic E-state index is -0.0739. The summed E-state index contributed by atoms with van der Waals surface area (Å²) in [5, 5.41) is 6.52. The average molecular weight is 520 g/mol. The molecule has 0 spiro atoms. The summed E-state index contributed by atoms with van der Waals surface area (Å²) in [6, 6.07) is 6.44. The van der Waals surface area contributed by atoms with Gasteiger partial charge in [0.15, 0.2) is 5.82 Å². The van der Waals surface area contributed by atoms with E-state index in [1.165, 1.54) is 25.7 Å². The molecule has 2 fully saturated rings. The molecule has 2 N–H and O–H groups in total. The highest BCUT2D eigenvalue weighted by Crippen LogP contribution is 2.40. The first-order chi connectivity index (χ1) is 18.3. The van der Waals surface area contributed by atoms with Crippen molar-refractivity contribution in [2.45, 2.75) is 70.0 Å². The van der Waals surface area contributed by atoms with E-state index < -0.39 is 0 Å². The van der Waals surface area contributed by atoms with Crippen molar-refractivity contribution >= 4 is 29.0 Å². The van der Waals surface area contributed by atoms with Crippen LogP contribution >= 0.6 is 0 Å². The van der Waals surface area contributed by atoms with E-state index in [2.05, 4.69) is 50.9 Å². The zero-order valence-corrected chi connectivity index (χ0v) is 23.2. The van der Waals surface area contributed by atoms with Crippen LogP contribution in [0.5, 0.6) is 5.75 Å². The Morgan fingerprint density at radius 3 is 2.58 bits per heavy atom. The van der Waals surface area contributed by atoms with Gasteiger partial charge in [-0.05, 0) is 70.9 Å². The summed E-state index contributed by atoms with van der Waals surface area (Å²) in [6.45, 7) is 8.58. The molecule has 3 heterocycles.